The largest absolute Gasteiger partial charge is 0.436 e. The first-order valence-corrected chi connectivity index (χ1v) is 7.86. The molecule has 24 heavy (non-hydrogen) atoms. The lowest BCUT2D eigenvalue weighted by atomic mass is 10.00. The van der Waals surface area contributed by atoms with E-state index in [9.17, 15) is 4.39 Å². The molecule has 2 aromatic carbocycles. The Bertz CT molecular complexity index is 868. The first-order valence-electron chi connectivity index (χ1n) is 7.86. The second-order valence-electron chi connectivity index (χ2n) is 5.69. The fourth-order valence-corrected chi connectivity index (χ4v) is 2.89. The molecule has 0 bridgehead atoms. The molecule has 0 saturated carbocycles. The molecule has 1 aliphatic heterocycles. The Morgan fingerprint density at radius 1 is 0.958 bits per heavy atom. The standard InChI is InChI=1S/C19H16FN3O/c20-16-7-3-4-8-17(16)24-19-11-18(21-13-22-19)23-10-9-14-5-1-2-6-15(14)12-23/h1-8,11,13H,9-10,12H2. The third-order valence-electron chi connectivity index (χ3n) is 4.13. The van der Waals surface area contributed by atoms with Gasteiger partial charge in [0.05, 0.1) is 0 Å². The summed E-state index contributed by atoms with van der Waals surface area (Å²) in [6, 6.07) is 16.5. The molecule has 3 aromatic rings. The van der Waals surface area contributed by atoms with Crippen LogP contribution >= 0.6 is 0 Å². The lowest BCUT2D eigenvalue weighted by Gasteiger charge is -2.29. The number of ether oxygens (including phenoxy) is 1. The summed E-state index contributed by atoms with van der Waals surface area (Å²) in [7, 11) is 0. The molecule has 0 amide bonds. The molecule has 4 rings (SSSR count). The topological polar surface area (TPSA) is 38.2 Å². The van der Waals surface area contributed by atoms with Crippen molar-refractivity contribution in [2.24, 2.45) is 0 Å². The van der Waals surface area contributed by atoms with Crippen LogP contribution < -0.4 is 9.64 Å². The van der Waals surface area contributed by atoms with Crippen LogP contribution in [-0.2, 0) is 13.0 Å². The minimum atomic E-state index is -0.412. The van der Waals surface area contributed by atoms with E-state index in [0.29, 0.717) is 5.88 Å². The maximum Gasteiger partial charge on any atom is 0.224 e. The van der Waals surface area contributed by atoms with Gasteiger partial charge in [0, 0.05) is 19.2 Å². The molecule has 0 spiro atoms. The Labute approximate surface area is 139 Å². The number of fused-ring (bicyclic) bond motifs is 1. The van der Waals surface area contributed by atoms with Crippen molar-refractivity contribution in [2.75, 3.05) is 11.4 Å². The Morgan fingerprint density at radius 3 is 2.62 bits per heavy atom. The van der Waals surface area contributed by atoms with Gasteiger partial charge in [-0.15, -0.1) is 0 Å². The van der Waals surface area contributed by atoms with Crippen LogP contribution in [0, 0.1) is 5.82 Å². The van der Waals surface area contributed by atoms with Crippen molar-refractivity contribution in [3.63, 3.8) is 0 Å². The summed E-state index contributed by atoms with van der Waals surface area (Å²) >= 11 is 0. The average Bonchev–Trinajstić information content (AvgIpc) is 2.63. The molecule has 0 radical (unpaired) electrons. The van der Waals surface area contributed by atoms with Crippen molar-refractivity contribution in [1.82, 2.24) is 9.97 Å². The Hall–Kier alpha value is -2.95. The molecule has 5 heteroatoms. The fraction of sp³-hybridized carbons (Fsp3) is 0.158. The maximum absolute atomic E-state index is 13.7. The summed E-state index contributed by atoms with van der Waals surface area (Å²) in [4.78, 5) is 10.6. The van der Waals surface area contributed by atoms with Crippen molar-refractivity contribution in [3.05, 3.63) is 77.9 Å². The molecule has 0 N–H and O–H groups in total. The van der Waals surface area contributed by atoms with Crippen LogP contribution in [0.5, 0.6) is 11.6 Å². The van der Waals surface area contributed by atoms with E-state index in [-0.39, 0.29) is 5.75 Å². The zero-order valence-electron chi connectivity index (χ0n) is 13.0. The molecule has 0 aliphatic carbocycles. The van der Waals surface area contributed by atoms with Crippen LogP contribution in [0.3, 0.4) is 0 Å². The summed E-state index contributed by atoms with van der Waals surface area (Å²) in [5, 5.41) is 0. The van der Waals surface area contributed by atoms with Gasteiger partial charge in [-0.1, -0.05) is 36.4 Å². The first-order chi connectivity index (χ1) is 11.8. The van der Waals surface area contributed by atoms with Gasteiger partial charge in [0.2, 0.25) is 5.88 Å². The van der Waals surface area contributed by atoms with Crippen LogP contribution in [0.2, 0.25) is 0 Å². The molecule has 0 unspecified atom stereocenters. The van der Waals surface area contributed by atoms with Gasteiger partial charge in [-0.3, -0.25) is 0 Å². The van der Waals surface area contributed by atoms with Gasteiger partial charge in [0.15, 0.2) is 11.6 Å². The molecule has 0 saturated heterocycles. The lowest BCUT2D eigenvalue weighted by molar-refractivity contribution is 0.426. The highest BCUT2D eigenvalue weighted by molar-refractivity contribution is 5.46. The number of anilines is 1. The minimum Gasteiger partial charge on any atom is -0.436 e. The summed E-state index contributed by atoms with van der Waals surface area (Å²) in [5.74, 6) is 0.866. The van der Waals surface area contributed by atoms with Gasteiger partial charge in [-0.2, -0.15) is 0 Å². The summed E-state index contributed by atoms with van der Waals surface area (Å²) in [6.45, 7) is 1.68. The van der Waals surface area contributed by atoms with Gasteiger partial charge in [-0.25, -0.2) is 14.4 Å². The third-order valence-corrected chi connectivity index (χ3v) is 4.13. The maximum atomic E-state index is 13.7. The van der Waals surface area contributed by atoms with Crippen molar-refractivity contribution in [2.45, 2.75) is 13.0 Å². The number of benzene rings is 2. The van der Waals surface area contributed by atoms with Crippen LogP contribution in [0.25, 0.3) is 0 Å². The molecule has 1 aliphatic rings. The Morgan fingerprint density at radius 2 is 1.75 bits per heavy atom. The summed E-state index contributed by atoms with van der Waals surface area (Å²) in [6.07, 6.45) is 2.43. The first kappa shape index (κ1) is 14.6. The third kappa shape index (κ3) is 2.93. The van der Waals surface area contributed by atoms with Crippen molar-refractivity contribution in [1.29, 1.82) is 0 Å². The van der Waals surface area contributed by atoms with E-state index >= 15 is 0 Å². The molecular weight excluding hydrogens is 305 g/mol. The average molecular weight is 321 g/mol. The van der Waals surface area contributed by atoms with Crippen LogP contribution in [0.15, 0.2) is 60.9 Å². The van der Waals surface area contributed by atoms with E-state index in [0.717, 1.165) is 25.3 Å². The summed E-state index contributed by atoms with van der Waals surface area (Å²) in [5.41, 5.74) is 2.68. The van der Waals surface area contributed by atoms with E-state index in [2.05, 4.69) is 39.1 Å². The fourth-order valence-electron chi connectivity index (χ4n) is 2.89. The van der Waals surface area contributed by atoms with Gasteiger partial charge >= 0.3 is 0 Å². The smallest absolute Gasteiger partial charge is 0.224 e. The summed E-state index contributed by atoms with van der Waals surface area (Å²) < 4.78 is 19.3. The highest BCUT2D eigenvalue weighted by Crippen LogP contribution is 2.27. The van der Waals surface area contributed by atoms with Crippen LogP contribution in [0.1, 0.15) is 11.1 Å². The lowest BCUT2D eigenvalue weighted by Crippen LogP contribution is -2.30. The molecule has 120 valence electrons. The van der Waals surface area contributed by atoms with Gasteiger partial charge in [0.1, 0.15) is 12.1 Å². The number of hydrogen-bond donors (Lipinski definition) is 0. The zero-order chi connectivity index (χ0) is 16.4. The van der Waals surface area contributed by atoms with Crippen LogP contribution in [-0.4, -0.2) is 16.5 Å². The van der Waals surface area contributed by atoms with E-state index in [1.165, 1.54) is 23.5 Å². The van der Waals surface area contributed by atoms with Crippen molar-refractivity contribution >= 4 is 5.82 Å². The predicted octanol–water partition coefficient (Wildman–Crippen LogP) is 3.97. The molecule has 1 aromatic heterocycles. The second-order valence-corrected chi connectivity index (χ2v) is 5.69. The number of halogens is 1. The van der Waals surface area contributed by atoms with Crippen molar-refractivity contribution < 1.29 is 9.13 Å². The predicted molar refractivity (Wildman–Crippen MR) is 89.7 cm³/mol. The van der Waals surface area contributed by atoms with Gasteiger partial charge in [0.25, 0.3) is 0 Å². The number of rotatable bonds is 3. The molecule has 2 heterocycles. The monoisotopic (exact) mass is 321 g/mol. The zero-order valence-corrected chi connectivity index (χ0v) is 13.0. The molecular formula is C19H16FN3O. The van der Waals surface area contributed by atoms with Crippen molar-refractivity contribution in [3.8, 4) is 11.6 Å². The molecule has 0 atom stereocenters. The van der Waals surface area contributed by atoms with E-state index in [4.69, 9.17) is 4.74 Å². The quantitative estimate of drug-likeness (QED) is 0.731. The minimum absolute atomic E-state index is 0.158. The van der Waals surface area contributed by atoms with E-state index < -0.39 is 5.82 Å². The van der Waals surface area contributed by atoms with Gasteiger partial charge in [-0.05, 0) is 29.7 Å². The molecule has 0 fully saturated rings. The van der Waals surface area contributed by atoms with E-state index in [1.54, 1.807) is 24.3 Å². The number of aromatic nitrogens is 2. The number of hydrogen-bond acceptors (Lipinski definition) is 4. The normalized spacial score (nSPS) is 13.5. The Balaban J connectivity index is 1.56. The van der Waals surface area contributed by atoms with Gasteiger partial charge < -0.3 is 9.64 Å². The highest BCUT2D eigenvalue weighted by Gasteiger charge is 2.18. The molecule has 4 nitrogen and oxygen atoms in total. The Kier molecular flexibility index (Phi) is 3.83. The SMILES string of the molecule is Fc1ccccc1Oc1cc(N2CCc3ccccc3C2)ncn1. The van der Waals surface area contributed by atoms with Crippen LogP contribution in [0.4, 0.5) is 10.2 Å². The number of para-hydroxylation sites is 1. The highest BCUT2D eigenvalue weighted by atomic mass is 19.1. The second kappa shape index (κ2) is 6.28. The van der Waals surface area contributed by atoms with E-state index in [1.807, 2.05) is 0 Å². The number of nitrogens with zero attached hydrogens (tertiary/aromatic N) is 3.